The fourth-order valence-corrected chi connectivity index (χ4v) is 2.57. The van der Waals surface area contributed by atoms with Crippen LogP contribution in [0.1, 0.15) is 13.0 Å². The van der Waals surface area contributed by atoms with Crippen LogP contribution < -0.4 is 9.88 Å². The highest BCUT2D eigenvalue weighted by Crippen LogP contribution is 2.15. The number of aromatic nitrogens is 1. The third-order valence-corrected chi connectivity index (χ3v) is 4.18. The molecule has 3 rings (SSSR count). The Kier molecular flexibility index (Phi) is 4.20. The van der Waals surface area contributed by atoms with Crippen LogP contribution in [0.3, 0.4) is 0 Å². The van der Waals surface area contributed by atoms with Crippen molar-refractivity contribution in [2.75, 3.05) is 5.32 Å². The van der Waals surface area contributed by atoms with Gasteiger partial charge in [0, 0.05) is 28.5 Å². The highest BCUT2D eigenvalue weighted by molar-refractivity contribution is 9.10. The van der Waals surface area contributed by atoms with Gasteiger partial charge in [-0.3, -0.25) is 4.79 Å². The molecule has 0 saturated heterocycles. The molecule has 110 valence electrons. The molecular formula is C18H16BrN2O+. The fraction of sp³-hybridized carbons (Fsp3) is 0.111. The smallest absolute Gasteiger partial charge is 0.293 e. The second-order valence-corrected chi connectivity index (χ2v) is 6.11. The van der Waals surface area contributed by atoms with Gasteiger partial charge in [-0.05, 0) is 35.7 Å². The number of anilines is 1. The fourth-order valence-electron chi connectivity index (χ4n) is 2.31. The van der Waals surface area contributed by atoms with Crippen molar-refractivity contribution in [1.29, 1.82) is 0 Å². The van der Waals surface area contributed by atoms with E-state index < -0.39 is 0 Å². The van der Waals surface area contributed by atoms with Gasteiger partial charge in [0.25, 0.3) is 5.91 Å². The van der Waals surface area contributed by atoms with Gasteiger partial charge >= 0.3 is 0 Å². The lowest BCUT2D eigenvalue weighted by molar-refractivity contribution is -0.704. The highest BCUT2D eigenvalue weighted by atomic mass is 79.9. The molecule has 0 aliphatic rings. The molecule has 0 bridgehead atoms. The van der Waals surface area contributed by atoms with Crippen LogP contribution in [0.25, 0.3) is 10.8 Å². The van der Waals surface area contributed by atoms with Crippen molar-refractivity contribution in [2.45, 2.75) is 13.0 Å². The lowest BCUT2D eigenvalue weighted by Gasteiger charge is -2.09. The van der Waals surface area contributed by atoms with Gasteiger partial charge in [-0.25, -0.2) is 0 Å². The average Bonchev–Trinajstić information content (AvgIpc) is 2.55. The average molecular weight is 356 g/mol. The van der Waals surface area contributed by atoms with Crippen molar-refractivity contribution in [3.05, 3.63) is 71.5 Å². The minimum absolute atomic E-state index is 0.0393. The molecule has 1 amide bonds. The van der Waals surface area contributed by atoms with Gasteiger partial charge in [-0.1, -0.05) is 34.1 Å². The Morgan fingerprint density at radius 1 is 1.05 bits per heavy atom. The van der Waals surface area contributed by atoms with E-state index >= 15 is 0 Å². The molecule has 0 radical (unpaired) electrons. The molecule has 1 heterocycles. The summed E-state index contributed by atoms with van der Waals surface area (Å²) in [5, 5.41) is 5.22. The number of nitrogens with one attached hydrogen (secondary N) is 1. The van der Waals surface area contributed by atoms with Crippen LogP contribution in [0.4, 0.5) is 5.69 Å². The van der Waals surface area contributed by atoms with Gasteiger partial charge in [0.2, 0.25) is 6.04 Å². The molecule has 0 aliphatic carbocycles. The standard InChI is InChI=1S/C18H15BrN2O/c1-13(18(22)20-17-8-6-16(19)7-9-17)21-11-10-14-4-2-3-5-15(14)12-21/h2-13H,1H3/p+1/t13-/m0/s1. The van der Waals surface area contributed by atoms with Crippen molar-refractivity contribution >= 4 is 38.3 Å². The van der Waals surface area contributed by atoms with E-state index in [1.54, 1.807) is 0 Å². The number of carbonyl (C=O) groups is 1. The Morgan fingerprint density at radius 3 is 2.45 bits per heavy atom. The van der Waals surface area contributed by atoms with E-state index in [1.807, 2.05) is 72.4 Å². The predicted molar refractivity (Wildman–Crippen MR) is 91.6 cm³/mol. The van der Waals surface area contributed by atoms with Gasteiger partial charge in [-0.15, -0.1) is 0 Å². The van der Waals surface area contributed by atoms with E-state index in [1.165, 1.54) is 5.39 Å². The summed E-state index contributed by atoms with van der Waals surface area (Å²) in [5.74, 6) is -0.0393. The van der Waals surface area contributed by atoms with Gasteiger partial charge < -0.3 is 5.32 Å². The van der Waals surface area contributed by atoms with E-state index in [9.17, 15) is 4.79 Å². The molecule has 3 aromatic rings. The van der Waals surface area contributed by atoms with Crippen molar-refractivity contribution in [1.82, 2.24) is 0 Å². The zero-order valence-electron chi connectivity index (χ0n) is 12.2. The first-order valence-corrected chi connectivity index (χ1v) is 7.89. The minimum atomic E-state index is -0.284. The summed E-state index contributed by atoms with van der Waals surface area (Å²) in [7, 11) is 0. The number of pyridine rings is 1. The van der Waals surface area contributed by atoms with Crippen molar-refractivity contribution in [3.8, 4) is 0 Å². The van der Waals surface area contributed by atoms with Crippen LogP contribution in [0.2, 0.25) is 0 Å². The number of rotatable bonds is 3. The molecule has 2 aromatic carbocycles. The van der Waals surface area contributed by atoms with Crippen LogP contribution in [0, 0.1) is 0 Å². The molecule has 0 aliphatic heterocycles. The maximum atomic E-state index is 12.4. The quantitative estimate of drug-likeness (QED) is 0.705. The number of hydrogen-bond acceptors (Lipinski definition) is 1. The Balaban J connectivity index is 1.80. The number of nitrogens with zero attached hydrogens (tertiary/aromatic N) is 1. The summed E-state index contributed by atoms with van der Waals surface area (Å²) in [4.78, 5) is 12.4. The second kappa shape index (κ2) is 6.28. The number of carbonyl (C=O) groups excluding carboxylic acids is 1. The lowest BCUT2D eigenvalue weighted by atomic mass is 10.1. The summed E-state index contributed by atoms with van der Waals surface area (Å²) in [6.07, 6.45) is 3.94. The molecular weight excluding hydrogens is 340 g/mol. The first-order chi connectivity index (χ1) is 10.6. The molecule has 0 unspecified atom stereocenters. The summed E-state index contributed by atoms with van der Waals surface area (Å²) in [6, 6.07) is 17.4. The molecule has 0 saturated carbocycles. The second-order valence-electron chi connectivity index (χ2n) is 5.19. The molecule has 1 N–H and O–H groups in total. The summed E-state index contributed by atoms with van der Waals surface area (Å²) in [5.41, 5.74) is 0.793. The lowest BCUT2D eigenvalue weighted by Crippen LogP contribution is -2.44. The topological polar surface area (TPSA) is 33.0 Å². The monoisotopic (exact) mass is 355 g/mol. The van der Waals surface area contributed by atoms with Gasteiger partial charge in [0.05, 0.1) is 0 Å². The molecule has 1 atom stereocenters. The van der Waals surface area contributed by atoms with Crippen LogP contribution in [0.15, 0.2) is 71.5 Å². The minimum Gasteiger partial charge on any atom is -0.320 e. The van der Waals surface area contributed by atoms with E-state index in [0.717, 1.165) is 15.5 Å². The highest BCUT2D eigenvalue weighted by Gasteiger charge is 2.22. The Morgan fingerprint density at radius 2 is 1.73 bits per heavy atom. The Hall–Kier alpha value is -2.20. The molecule has 4 heteroatoms. The van der Waals surface area contributed by atoms with Gasteiger partial charge in [0.1, 0.15) is 0 Å². The van der Waals surface area contributed by atoms with Crippen molar-refractivity contribution in [2.24, 2.45) is 0 Å². The summed E-state index contributed by atoms with van der Waals surface area (Å²) in [6.45, 7) is 1.89. The predicted octanol–water partition coefficient (Wildman–Crippen LogP) is 4.09. The summed E-state index contributed by atoms with van der Waals surface area (Å²) < 4.78 is 2.92. The van der Waals surface area contributed by atoms with Crippen LogP contribution >= 0.6 is 15.9 Å². The van der Waals surface area contributed by atoms with Crippen LogP contribution in [-0.4, -0.2) is 5.91 Å². The van der Waals surface area contributed by atoms with E-state index in [2.05, 4.69) is 27.3 Å². The molecule has 0 fully saturated rings. The number of halogens is 1. The third-order valence-electron chi connectivity index (χ3n) is 3.65. The first kappa shape index (κ1) is 14.7. The molecule has 0 spiro atoms. The van der Waals surface area contributed by atoms with E-state index in [-0.39, 0.29) is 11.9 Å². The van der Waals surface area contributed by atoms with Crippen LogP contribution in [0.5, 0.6) is 0 Å². The van der Waals surface area contributed by atoms with Gasteiger partial charge in [-0.2, -0.15) is 4.57 Å². The Bertz CT molecular complexity index is 815. The normalized spacial score (nSPS) is 12.1. The largest absolute Gasteiger partial charge is 0.320 e. The van der Waals surface area contributed by atoms with Crippen LogP contribution in [-0.2, 0) is 4.79 Å². The third kappa shape index (κ3) is 3.17. The van der Waals surface area contributed by atoms with E-state index in [0.29, 0.717) is 0 Å². The van der Waals surface area contributed by atoms with Gasteiger partial charge in [0.15, 0.2) is 12.4 Å². The first-order valence-electron chi connectivity index (χ1n) is 7.09. The van der Waals surface area contributed by atoms with E-state index in [4.69, 9.17) is 0 Å². The Labute approximate surface area is 137 Å². The maximum absolute atomic E-state index is 12.4. The SMILES string of the molecule is C[C@@H](C(=O)Nc1ccc(Br)cc1)[n+]1ccc2ccccc2c1. The summed E-state index contributed by atoms with van der Waals surface area (Å²) >= 11 is 3.38. The van der Waals surface area contributed by atoms with Crippen molar-refractivity contribution < 1.29 is 9.36 Å². The van der Waals surface area contributed by atoms with Crippen molar-refractivity contribution in [3.63, 3.8) is 0 Å². The molecule has 1 aromatic heterocycles. The molecule has 22 heavy (non-hydrogen) atoms. The maximum Gasteiger partial charge on any atom is 0.293 e. The molecule has 3 nitrogen and oxygen atoms in total. The zero-order valence-corrected chi connectivity index (χ0v) is 13.7. The zero-order chi connectivity index (χ0) is 15.5. The number of fused-ring (bicyclic) bond motifs is 1. The number of amides is 1. The number of hydrogen-bond donors (Lipinski definition) is 1. The number of benzene rings is 2.